The molecular formula is C18H21FN2O3S. The maximum Gasteiger partial charge on any atom is 0.251 e. The first kappa shape index (κ1) is 18.9. The lowest BCUT2D eigenvalue weighted by atomic mass is 10.1. The van der Waals surface area contributed by atoms with E-state index in [9.17, 15) is 17.6 Å². The van der Waals surface area contributed by atoms with Crippen molar-refractivity contribution in [2.45, 2.75) is 26.3 Å². The largest absolute Gasteiger partial charge is 0.346 e. The Morgan fingerprint density at radius 1 is 1.16 bits per heavy atom. The Balaban J connectivity index is 2.10. The second kappa shape index (κ2) is 8.11. The molecule has 0 fully saturated rings. The van der Waals surface area contributed by atoms with Gasteiger partial charge in [0, 0.05) is 11.3 Å². The van der Waals surface area contributed by atoms with Crippen LogP contribution in [0.5, 0.6) is 0 Å². The Morgan fingerprint density at radius 3 is 2.56 bits per heavy atom. The first-order valence-electron chi connectivity index (χ1n) is 7.97. The number of carbonyl (C=O) groups is 1. The minimum absolute atomic E-state index is 0.0139. The summed E-state index contributed by atoms with van der Waals surface area (Å²) < 4.78 is 39.4. The SMILES string of the molecule is CCCS(=O)(=O)Nc1cccc(C(=O)N[C@@H](C)c2cccc(F)c2)c1. The predicted molar refractivity (Wildman–Crippen MR) is 96.4 cm³/mol. The highest BCUT2D eigenvalue weighted by molar-refractivity contribution is 7.92. The number of nitrogens with one attached hydrogen (secondary N) is 2. The van der Waals surface area contributed by atoms with Crippen molar-refractivity contribution in [2.75, 3.05) is 10.5 Å². The molecule has 25 heavy (non-hydrogen) atoms. The van der Waals surface area contributed by atoms with Gasteiger partial charge in [-0.15, -0.1) is 0 Å². The molecule has 5 nitrogen and oxygen atoms in total. The molecular weight excluding hydrogens is 343 g/mol. The Kier molecular flexibility index (Phi) is 6.14. The van der Waals surface area contributed by atoms with Crippen LogP contribution in [0.1, 0.15) is 42.2 Å². The van der Waals surface area contributed by atoms with Crippen LogP contribution in [0.15, 0.2) is 48.5 Å². The van der Waals surface area contributed by atoms with Crippen LogP contribution < -0.4 is 10.0 Å². The monoisotopic (exact) mass is 364 g/mol. The third kappa shape index (κ3) is 5.56. The Bertz CT molecular complexity index is 853. The van der Waals surface area contributed by atoms with E-state index >= 15 is 0 Å². The molecule has 0 aliphatic carbocycles. The average Bonchev–Trinajstić information content (AvgIpc) is 2.54. The highest BCUT2D eigenvalue weighted by atomic mass is 32.2. The van der Waals surface area contributed by atoms with E-state index in [1.54, 1.807) is 44.2 Å². The van der Waals surface area contributed by atoms with E-state index in [1.165, 1.54) is 18.2 Å². The molecule has 2 rings (SSSR count). The van der Waals surface area contributed by atoms with Crippen molar-refractivity contribution in [3.05, 3.63) is 65.5 Å². The van der Waals surface area contributed by atoms with E-state index in [4.69, 9.17) is 0 Å². The zero-order valence-corrected chi connectivity index (χ0v) is 14.9. The van der Waals surface area contributed by atoms with E-state index in [0.717, 1.165) is 0 Å². The average molecular weight is 364 g/mol. The second-order valence-corrected chi connectivity index (χ2v) is 7.59. The molecule has 0 saturated carbocycles. The van der Waals surface area contributed by atoms with Crippen molar-refractivity contribution in [3.63, 3.8) is 0 Å². The molecule has 0 aliphatic heterocycles. The van der Waals surface area contributed by atoms with Crippen molar-refractivity contribution in [1.82, 2.24) is 5.32 Å². The summed E-state index contributed by atoms with van der Waals surface area (Å²) in [5, 5.41) is 2.77. The minimum Gasteiger partial charge on any atom is -0.346 e. The van der Waals surface area contributed by atoms with E-state index < -0.39 is 10.0 Å². The van der Waals surface area contributed by atoms with Gasteiger partial charge in [-0.3, -0.25) is 9.52 Å². The molecule has 0 saturated heterocycles. The number of halogens is 1. The maximum atomic E-state index is 13.3. The van der Waals surface area contributed by atoms with E-state index in [-0.39, 0.29) is 23.5 Å². The minimum atomic E-state index is -3.42. The van der Waals surface area contributed by atoms with Crippen LogP contribution in [-0.4, -0.2) is 20.1 Å². The summed E-state index contributed by atoms with van der Waals surface area (Å²) in [6.45, 7) is 3.53. The van der Waals surface area contributed by atoms with Gasteiger partial charge in [-0.2, -0.15) is 0 Å². The number of sulfonamides is 1. The van der Waals surface area contributed by atoms with Crippen molar-refractivity contribution in [2.24, 2.45) is 0 Å². The zero-order valence-electron chi connectivity index (χ0n) is 14.1. The number of hydrogen-bond donors (Lipinski definition) is 2. The highest BCUT2D eigenvalue weighted by Crippen LogP contribution is 2.16. The van der Waals surface area contributed by atoms with Crippen molar-refractivity contribution >= 4 is 21.6 Å². The van der Waals surface area contributed by atoms with Gasteiger partial charge < -0.3 is 5.32 Å². The molecule has 0 aromatic heterocycles. The molecule has 0 radical (unpaired) electrons. The third-order valence-electron chi connectivity index (χ3n) is 3.57. The summed E-state index contributed by atoms with van der Waals surface area (Å²) in [7, 11) is -3.42. The summed E-state index contributed by atoms with van der Waals surface area (Å²) in [4.78, 5) is 12.4. The number of rotatable bonds is 7. The smallest absolute Gasteiger partial charge is 0.251 e. The van der Waals surface area contributed by atoms with Gasteiger partial charge in [0.2, 0.25) is 10.0 Å². The van der Waals surface area contributed by atoms with Gasteiger partial charge in [-0.25, -0.2) is 12.8 Å². The Labute approximate surface area is 147 Å². The Hall–Kier alpha value is -2.41. The quantitative estimate of drug-likeness (QED) is 0.790. The van der Waals surface area contributed by atoms with Gasteiger partial charge in [-0.1, -0.05) is 25.1 Å². The molecule has 0 unspecified atom stereocenters. The molecule has 0 aliphatic rings. The molecule has 1 atom stereocenters. The fraction of sp³-hybridized carbons (Fsp3) is 0.278. The molecule has 7 heteroatoms. The molecule has 134 valence electrons. The standard InChI is InChI=1S/C18H21FN2O3S/c1-3-10-25(23,24)21-17-9-5-7-15(12-17)18(22)20-13(2)14-6-4-8-16(19)11-14/h4-9,11-13,21H,3,10H2,1-2H3,(H,20,22)/t13-/m0/s1. The zero-order chi connectivity index (χ0) is 18.4. The number of anilines is 1. The molecule has 0 bridgehead atoms. The fourth-order valence-corrected chi connectivity index (χ4v) is 3.49. The Morgan fingerprint density at radius 2 is 1.88 bits per heavy atom. The van der Waals surface area contributed by atoms with E-state index in [1.807, 2.05) is 0 Å². The van der Waals surface area contributed by atoms with Crippen molar-refractivity contribution in [3.8, 4) is 0 Å². The van der Waals surface area contributed by atoms with Crippen LogP contribution in [0.2, 0.25) is 0 Å². The van der Waals surface area contributed by atoms with Gasteiger partial charge >= 0.3 is 0 Å². The molecule has 2 aromatic carbocycles. The lowest BCUT2D eigenvalue weighted by Crippen LogP contribution is -2.26. The lowest BCUT2D eigenvalue weighted by molar-refractivity contribution is 0.0940. The van der Waals surface area contributed by atoms with Gasteiger partial charge in [0.25, 0.3) is 5.91 Å². The number of benzene rings is 2. The van der Waals surface area contributed by atoms with Crippen LogP contribution in [-0.2, 0) is 10.0 Å². The normalized spacial score (nSPS) is 12.4. The van der Waals surface area contributed by atoms with Crippen LogP contribution in [0.3, 0.4) is 0 Å². The van der Waals surface area contributed by atoms with Gasteiger partial charge in [0.15, 0.2) is 0 Å². The van der Waals surface area contributed by atoms with Gasteiger partial charge in [-0.05, 0) is 49.2 Å². The van der Waals surface area contributed by atoms with Crippen molar-refractivity contribution in [1.29, 1.82) is 0 Å². The summed E-state index contributed by atoms with van der Waals surface area (Å²) in [5.74, 6) is -0.723. The second-order valence-electron chi connectivity index (χ2n) is 5.75. The number of amides is 1. The summed E-state index contributed by atoms with van der Waals surface area (Å²) in [6.07, 6.45) is 0.501. The van der Waals surface area contributed by atoms with Gasteiger partial charge in [0.1, 0.15) is 5.82 Å². The summed E-state index contributed by atoms with van der Waals surface area (Å²) in [6, 6.07) is 11.9. The van der Waals surface area contributed by atoms with Crippen LogP contribution >= 0.6 is 0 Å². The van der Waals surface area contributed by atoms with Crippen LogP contribution in [0.25, 0.3) is 0 Å². The van der Waals surface area contributed by atoms with Gasteiger partial charge in [0.05, 0.1) is 11.8 Å². The van der Waals surface area contributed by atoms with E-state index in [0.29, 0.717) is 23.2 Å². The molecule has 0 spiro atoms. The van der Waals surface area contributed by atoms with Crippen LogP contribution in [0, 0.1) is 5.82 Å². The van der Waals surface area contributed by atoms with Crippen molar-refractivity contribution < 1.29 is 17.6 Å². The van der Waals surface area contributed by atoms with Crippen LogP contribution in [0.4, 0.5) is 10.1 Å². The highest BCUT2D eigenvalue weighted by Gasteiger charge is 2.14. The first-order chi connectivity index (χ1) is 11.8. The number of carbonyl (C=O) groups excluding carboxylic acids is 1. The molecule has 1 amide bonds. The third-order valence-corrected chi connectivity index (χ3v) is 5.06. The number of hydrogen-bond acceptors (Lipinski definition) is 3. The molecule has 2 aromatic rings. The summed E-state index contributed by atoms with van der Waals surface area (Å²) >= 11 is 0. The topological polar surface area (TPSA) is 75.3 Å². The molecule has 2 N–H and O–H groups in total. The lowest BCUT2D eigenvalue weighted by Gasteiger charge is -2.15. The maximum absolute atomic E-state index is 13.3. The van der Waals surface area contributed by atoms with E-state index in [2.05, 4.69) is 10.0 Å². The molecule has 0 heterocycles. The predicted octanol–water partition coefficient (Wildman–Crippen LogP) is 3.47. The fourth-order valence-electron chi connectivity index (χ4n) is 2.36. The first-order valence-corrected chi connectivity index (χ1v) is 9.63. The summed E-state index contributed by atoms with van der Waals surface area (Å²) in [5.41, 5.74) is 1.30.